The van der Waals surface area contributed by atoms with E-state index < -0.39 is 6.03 Å². The third-order valence-electron chi connectivity index (χ3n) is 3.99. The molecule has 0 spiro atoms. The van der Waals surface area contributed by atoms with E-state index in [2.05, 4.69) is 16.0 Å². The third kappa shape index (κ3) is 4.00. The minimum absolute atomic E-state index is 0.201. The molecule has 0 aliphatic heterocycles. The van der Waals surface area contributed by atoms with Crippen molar-refractivity contribution >= 4 is 34.1 Å². The number of hydrogen-bond acceptors (Lipinski definition) is 2. The Hall–Kier alpha value is -3.34. The van der Waals surface area contributed by atoms with Gasteiger partial charge in [0.25, 0.3) is 5.91 Å². The van der Waals surface area contributed by atoms with Crippen LogP contribution < -0.4 is 16.0 Å². The molecule has 5 heteroatoms. The van der Waals surface area contributed by atoms with E-state index in [4.69, 9.17) is 0 Å². The van der Waals surface area contributed by atoms with Crippen LogP contribution in [0.4, 0.5) is 16.2 Å². The van der Waals surface area contributed by atoms with E-state index in [-0.39, 0.29) is 5.91 Å². The van der Waals surface area contributed by atoms with E-state index in [0.717, 1.165) is 17.2 Å². The van der Waals surface area contributed by atoms with Gasteiger partial charge in [-0.15, -0.1) is 0 Å². The second kappa shape index (κ2) is 8.16. The van der Waals surface area contributed by atoms with E-state index in [1.807, 2.05) is 49.4 Å². The van der Waals surface area contributed by atoms with Crippen molar-refractivity contribution in [2.75, 3.05) is 17.2 Å². The van der Waals surface area contributed by atoms with E-state index in [0.29, 0.717) is 23.5 Å². The van der Waals surface area contributed by atoms with Crippen LogP contribution in [0.5, 0.6) is 0 Å². The zero-order valence-corrected chi connectivity index (χ0v) is 14.6. The maximum atomic E-state index is 12.5. The van der Waals surface area contributed by atoms with Crippen LogP contribution in [0.1, 0.15) is 23.7 Å². The number of carbonyl (C=O) groups excluding carboxylic acids is 2. The van der Waals surface area contributed by atoms with Crippen molar-refractivity contribution in [1.82, 2.24) is 5.32 Å². The van der Waals surface area contributed by atoms with Crippen LogP contribution in [-0.4, -0.2) is 18.5 Å². The molecular weight excluding hydrogens is 326 g/mol. The molecule has 3 amide bonds. The van der Waals surface area contributed by atoms with Crippen LogP contribution in [0, 0.1) is 0 Å². The fourth-order valence-corrected chi connectivity index (χ4v) is 2.73. The standard InChI is InChI=1S/C21H21N3O2/c1-2-14-22-20(25)17-11-5-6-12-19(17)24-21(26)23-18-13-7-9-15-8-3-4-10-16(15)18/h3-13H,2,14H2,1H3,(H,22,25)(H2,23,24,26). The zero-order chi connectivity index (χ0) is 18.4. The monoisotopic (exact) mass is 347 g/mol. The molecule has 26 heavy (non-hydrogen) atoms. The van der Waals surface area contributed by atoms with Crippen LogP contribution >= 0.6 is 0 Å². The van der Waals surface area contributed by atoms with Gasteiger partial charge in [0.1, 0.15) is 0 Å². The normalized spacial score (nSPS) is 10.3. The Labute approximate surface area is 152 Å². The third-order valence-corrected chi connectivity index (χ3v) is 3.99. The second-order valence-electron chi connectivity index (χ2n) is 5.91. The lowest BCUT2D eigenvalue weighted by Gasteiger charge is -2.13. The van der Waals surface area contributed by atoms with Crippen molar-refractivity contribution in [1.29, 1.82) is 0 Å². The highest BCUT2D eigenvalue weighted by atomic mass is 16.2. The highest BCUT2D eigenvalue weighted by molar-refractivity contribution is 6.09. The lowest BCUT2D eigenvalue weighted by Crippen LogP contribution is -2.27. The number of rotatable bonds is 5. The molecule has 0 saturated heterocycles. The van der Waals surface area contributed by atoms with E-state index >= 15 is 0 Å². The van der Waals surface area contributed by atoms with Gasteiger partial charge in [0, 0.05) is 11.9 Å². The molecule has 3 rings (SSSR count). The van der Waals surface area contributed by atoms with Crippen molar-refractivity contribution in [3.63, 3.8) is 0 Å². The number of carbonyl (C=O) groups is 2. The zero-order valence-electron chi connectivity index (χ0n) is 14.6. The summed E-state index contributed by atoms with van der Waals surface area (Å²) in [5.41, 5.74) is 1.63. The Morgan fingerprint density at radius 1 is 0.808 bits per heavy atom. The molecule has 0 radical (unpaired) electrons. The summed E-state index contributed by atoms with van der Waals surface area (Å²) in [6, 6.07) is 20.1. The van der Waals surface area contributed by atoms with Gasteiger partial charge in [0.2, 0.25) is 0 Å². The van der Waals surface area contributed by atoms with Gasteiger partial charge in [-0.1, -0.05) is 55.5 Å². The van der Waals surface area contributed by atoms with Crippen LogP contribution in [0.3, 0.4) is 0 Å². The first-order valence-electron chi connectivity index (χ1n) is 8.62. The maximum absolute atomic E-state index is 12.5. The number of amides is 3. The molecule has 3 N–H and O–H groups in total. The van der Waals surface area contributed by atoms with Crippen molar-refractivity contribution in [3.8, 4) is 0 Å². The summed E-state index contributed by atoms with van der Waals surface area (Å²) in [5.74, 6) is -0.201. The SMILES string of the molecule is CCCNC(=O)c1ccccc1NC(=O)Nc1cccc2ccccc12. The Morgan fingerprint density at radius 2 is 1.46 bits per heavy atom. The van der Waals surface area contributed by atoms with Crippen LogP contribution in [-0.2, 0) is 0 Å². The molecule has 5 nitrogen and oxygen atoms in total. The van der Waals surface area contributed by atoms with Gasteiger partial charge in [0.15, 0.2) is 0 Å². The summed E-state index contributed by atoms with van der Waals surface area (Å²) in [6.45, 7) is 2.58. The Balaban J connectivity index is 1.77. The number of urea groups is 1. The minimum Gasteiger partial charge on any atom is -0.352 e. The fraction of sp³-hybridized carbons (Fsp3) is 0.143. The molecule has 0 fully saturated rings. The number of hydrogen-bond donors (Lipinski definition) is 3. The van der Waals surface area contributed by atoms with E-state index in [1.54, 1.807) is 24.3 Å². The number of nitrogens with one attached hydrogen (secondary N) is 3. The number of anilines is 2. The molecule has 0 heterocycles. The maximum Gasteiger partial charge on any atom is 0.323 e. The number of benzene rings is 3. The molecule has 3 aromatic carbocycles. The molecule has 0 unspecified atom stereocenters. The first-order chi connectivity index (χ1) is 12.7. The van der Waals surface area contributed by atoms with Crippen molar-refractivity contribution in [2.45, 2.75) is 13.3 Å². The van der Waals surface area contributed by atoms with Gasteiger partial charge >= 0.3 is 6.03 Å². The van der Waals surface area contributed by atoms with Crippen LogP contribution in [0.15, 0.2) is 66.7 Å². The minimum atomic E-state index is -0.392. The first kappa shape index (κ1) is 17.5. The average molecular weight is 347 g/mol. The van der Waals surface area contributed by atoms with Gasteiger partial charge in [0.05, 0.1) is 16.9 Å². The Kier molecular flexibility index (Phi) is 5.49. The predicted molar refractivity (Wildman–Crippen MR) is 106 cm³/mol. The molecule has 0 bridgehead atoms. The highest BCUT2D eigenvalue weighted by Crippen LogP contribution is 2.23. The summed E-state index contributed by atoms with van der Waals surface area (Å²) < 4.78 is 0. The molecule has 0 aromatic heterocycles. The van der Waals surface area contributed by atoms with Gasteiger partial charge in [-0.2, -0.15) is 0 Å². The second-order valence-corrected chi connectivity index (χ2v) is 5.91. The summed E-state index contributed by atoms with van der Waals surface area (Å²) >= 11 is 0. The predicted octanol–water partition coefficient (Wildman–Crippen LogP) is 4.62. The smallest absolute Gasteiger partial charge is 0.323 e. The Bertz CT molecular complexity index is 932. The topological polar surface area (TPSA) is 70.2 Å². The van der Waals surface area contributed by atoms with Crippen molar-refractivity contribution in [2.24, 2.45) is 0 Å². The van der Waals surface area contributed by atoms with Crippen LogP contribution in [0.2, 0.25) is 0 Å². The molecule has 132 valence electrons. The fourth-order valence-electron chi connectivity index (χ4n) is 2.73. The van der Waals surface area contributed by atoms with Gasteiger partial charge in [-0.25, -0.2) is 4.79 Å². The lowest BCUT2D eigenvalue weighted by molar-refractivity contribution is 0.0954. The number of fused-ring (bicyclic) bond motifs is 1. The molecule has 3 aromatic rings. The van der Waals surface area contributed by atoms with Gasteiger partial charge in [-0.3, -0.25) is 4.79 Å². The van der Waals surface area contributed by atoms with Crippen molar-refractivity contribution < 1.29 is 9.59 Å². The molecule has 0 saturated carbocycles. The largest absolute Gasteiger partial charge is 0.352 e. The van der Waals surface area contributed by atoms with Gasteiger partial charge in [-0.05, 0) is 30.0 Å². The summed E-state index contributed by atoms with van der Waals surface area (Å²) in [4.78, 5) is 24.7. The first-order valence-corrected chi connectivity index (χ1v) is 8.62. The van der Waals surface area contributed by atoms with Gasteiger partial charge < -0.3 is 16.0 Å². The molecule has 0 atom stereocenters. The lowest BCUT2D eigenvalue weighted by atomic mass is 10.1. The quantitative estimate of drug-likeness (QED) is 0.630. The average Bonchev–Trinajstić information content (AvgIpc) is 2.67. The van der Waals surface area contributed by atoms with E-state index in [1.165, 1.54) is 0 Å². The van der Waals surface area contributed by atoms with Crippen molar-refractivity contribution in [3.05, 3.63) is 72.3 Å². The molecule has 0 aliphatic rings. The highest BCUT2D eigenvalue weighted by Gasteiger charge is 2.13. The molecule has 0 aliphatic carbocycles. The number of para-hydroxylation sites is 1. The Morgan fingerprint density at radius 3 is 2.31 bits per heavy atom. The van der Waals surface area contributed by atoms with E-state index in [9.17, 15) is 9.59 Å². The summed E-state index contributed by atoms with van der Waals surface area (Å²) in [6.07, 6.45) is 0.850. The summed E-state index contributed by atoms with van der Waals surface area (Å²) in [7, 11) is 0. The van der Waals surface area contributed by atoms with Crippen LogP contribution in [0.25, 0.3) is 10.8 Å². The molecular formula is C21H21N3O2. The summed E-state index contributed by atoms with van der Waals surface area (Å²) in [5, 5.41) is 10.5.